The number of aryl methyl sites for hydroxylation is 1. The topological polar surface area (TPSA) is 94.0 Å². The van der Waals surface area contributed by atoms with E-state index in [2.05, 4.69) is 25.6 Å². The summed E-state index contributed by atoms with van der Waals surface area (Å²) in [6.45, 7) is 4.66. The van der Waals surface area contributed by atoms with Crippen molar-refractivity contribution < 1.29 is 13.9 Å². The summed E-state index contributed by atoms with van der Waals surface area (Å²) in [5, 5.41) is 5.87. The van der Waals surface area contributed by atoms with Gasteiger partial charge in [0.05, 0.1) is 5.69 Å². The highest BCUT2D eigenvalue weighted by molar-refractivity contribution is 5.77. The van der Waals surface area contributed by atoms with Gasteiger partial charge < -0.3 is 15.4 Å². The van der Waals surface area contributed by atoms with E-state index in [9.17, 15) is 9.18 Å². The summed E-state index contributed by atoms with van der Waals surface area (Å²) < 4.78 is 20.0. The van der Waals surface area contributed by atoms with Crippen LogP contribution in [0, 0.1) is 19.7 Å². The predicted octanol–water partition coefficient (Wildman–Crippen LogP) is 2.03. The van der Waals surface area contributed by atoms with Gasteiger partial charge in [0, 0.05) is 24.8 Å². The predicted molar refractivity (Wildman–Crippen MR) is 102 cm³/mol. The summed E-state index contributed by atoms with van der Waals surface area (Å²) in [4.78, 5) is 24.5. The van der Waals surface area contributed by atoms with Gasteiger partial charge in [-0.3, -0.25) is 9.36 Å². The zero-order valence-corrected chi connectivity index (χ0v) is 15.6. The van der Waals surface area contributed by atoms with E-state index < -0.39 is 0 Å². The number of amides is 1. The number of imidazole rings is 1. The number of hydrogen-bond donors (Lipinski definition) is 2. The van der Waals surface area contributed by atoms with E-state index in [1.807, 2.05) is 24.5 Å². The molecule has 0 saturated heterocycles. The Balaban J connectivity index is 1.42. The molecule has 2 heterocycles. The molecular weight excluding hydrogens is 363 g/mol. The highest BCUT2D eigenvalue weighted by Gasteiger charge is 2.07. The maximum Gasteiger partial charge on any atom is 0.258 e. The molecule has 0 fully saturated rings. The number of carbonyl (C=O) groups is 1. The van der Waals surface area contributed by atoms with Gasteiger partial charge in [-0.15, -0.1) is 0 Å². The van der Waals surface area contributed by atoms with Crippen LogP contribution in [0.1, 0.15) is 11.4 Å². The zero-order valence-electron chi connectivity index (χ0n) is 15.6. The van der Waals surface area contributed by atoms with Gasteiger partial charge >= 0.3 is 0 Å². The van der Waals surface area contributed by atoms with Crippen molar-refractivity contribution in [1.29, 1.82) is 0 Å². The van der Waals surface area contributed by atoms with Gasteiger partial charge in [-0.05, 0) is 38.1 Å². The number of hydrogen-bond acceptors (Lipinski definition) is 6. The molecule has 0 radical (unpaired) electrons. The highest BCUT2D eigenvalue weighted by Crippen LogP contribution is 2.13. The SMILES string of the molecule is Cc1ncn(-c2cc(NCCNC(=O)COc3ccc(F)cc3)ncn2)c1C. The summed E-state index contributed by atoms with van der Waals surface area (Å²) in [5.41, 5.74) is 1.96. The van der Waals surface area contributed by atoms with Gasteiger partial charge in [0.25, 0.3) is 5.91 Å². The van der Waals surface area contributed by atoms with E-state index in [1.54, 1.807) is 6.33 Å². The van der Waals surface area contributed by atoms with Crippen LogP contribution < -0.4 is 15.4 Å². The fraction of sp³-hybridized carbons (Fsp3) is 0.263. The quantitative estimate of drug-likeness (QED) is 0.577. The van der Waals surface area contributed by atoms with Gasteiger partial charge in [0.15, 0.2) is 6.61 Å². The van der Waals surface area contributed by atoms with Crippen molar-refractivity contribution in [1.82, 2.24) is 24.8 Å². The van der Waals surface area contributed by atoms with E-state index in [-0.39, 0.29) is 18.3 Å². The number of nitrogens with one attached hydrogen (secondary N) is 2. The standard InChI is InChI=1S/C19H21FN6O2/c1-13-14(2)26(12-25-13)18-9-17(23-11-24-18)21-7-8-22-19(27)10-28-16-5-3-15(20)4-6-16/h3-6,9,11-12H,7-8,10H2,1-2H3,(H,22,27)(H,21,23,24). The van der Waals surface area contributed by atoms with Crippen molar-refractivity contribution in [3.05, 3.63) is 60.2 Å². The van der Waals surface area contributed by atoms with Crippen LogP contribution in [0.3, 0.4) is 0 Å². The lowest BCUT2D eigenvalue weighted by Crippen LogP contribution is -2.32. The molecule has 9 heteroatoms. The van der Waals surface area contributed by atoms with Crippen molar-refractivity contribution in [3.63, 3.8) is 0 Å². The fourth-order valence-corrected chi connectivity index (χ4v) is 2.43. The molecule has 3 rings (SSSR count). The average Bonchev–Trinajstić information content (AvgIpc) is 3.04. The van der Waals surface area contributed by atoms with Gasteiger partial charge in [-0.25, -0.2) is 19.3 Å². The highest BCUT2D eigenvalue weighted by atomic mass is 19.1. The van der Waals surface area contributed by atoms with E-state index in [0.717, 1.165) is 11.4 Å². The molecule has 2 aromatic heterocycles. The monoisotopic (exact) mass is 384 g/mol. The molecular formula is C19H21FN6O2. The molecule has 0 bridgehead atoms. The maximum atomic E-state index is 12.8. The number of aromatic nitrogens is 4. The smallest absolute Gasteiger partial charge is 0.258 e. The number of anilines is 1. The second-order valence-electron chi connectivity index (χ2n) is 6.07. The molecule has 0 spiro atoms. The van der Waals surface area contributed by atoms with Crippen molar-refractivity contribution in [2.75, 3.05) is 25.0 Å². The van der Waals surface area contributed by atoms with Crippen LogP contribution in [-0.4, -0.2) is 45.1 Å². The van der Waals surface area contributed by atoms with Gasteiger partial charge in [0.2, 0.25) is 0 Å². The Kier molecular flexibility index (Phi) is 6.15. The normalized spacial score (nSPS) is 10.5. The molecule has 0 atom stereocenters. The first-order valence-electron chi connectivity index (χ1n) is 8.75. The lowest BCUT2D eigenvalue weighted by Gasteiger charge is -2.10. The van der Waals surface area contributed by atoms with Crippen LogP contribution in [0.2, 0.25) is 0 Å². The Hall–Kier alpha value is -3.49. The molecule has 8 nitrogen and oxygen atoms in total. The van der Waals surface area contributed by atoms with Crippen LogP contribution in [-0.2, 0) is 4.79 Å². The maximum absolute atomic E-state index is 12.8. The Morgan fingerprint density at radius 1 is 1.14 bits per heavy atom. The Labute approximate surface area is 161 Å². The van der Waals surface area contributed by atoms with Crippen molar-refractivity contribution >= 4 is 11.7 Å². The number of rotatable bonds is 8. The summed E-state index contributed by atoms with van der Waals surface area (Å²) in [7, 11) is 0. The summed E-state index contributed by atoms with van der Waals surface area (Å²) >= 11 is 0. The number of ether oxygens (including phenoxy) is 1. The Bertz CT molecular complexity index is 942. The number of nitrogens with zero attached hydrogens (tertiary/aromatic N) is 4. The van der Waals surface area contributed by atoms with Crippen LogP contribution in [0.25, 0.3) is 5.82 Å². The minimum atomic E-state index is -0.353. The average molecular weight is 384 g/mol. The molecule has 146 valence electrons. The van der Waals surface area contributed by atoms with Crippen molar-refractivity contribution in [2.45, 2.75) is 13.8 Å². The number of carbonyl (C=O) groups excluding carboxylic acids is 1. The number of benzene rings is 1. The summed E-state index contributed by atoms with van der Waals surface area (Å²) in [5.74, 6) is 1.18. The van der Waals surface area contributed by atoms with Crippen LogP contribution in [0.4, 0.5) is 10.2 Å². The molecule has 0 aliphatic rings. The molecule has 28 heavy (non-hydrogen) atoms. The second kappa shape index (κ2) is 8.94. The Morgan fingerprint density at radius 2 is 1.93 bits per heavy atom. The summed E-state index contributed by atoms with van der Waals surface area (Å²) in [6, 6.07) is 7.31. The van der Waals surface area contributed by atoms with Crippen LogP contribution in [0.5, 0.6) is 5.75 Å². The molecule has 0 unspecified atom stereocenters. The van der Waals surface area contributed by atoms with Crippen molar-refractivity contribution in [3.8, 4) is 11.6 Å². The van der Waals surface area contributed by atoms with Gasteiger partial charge in [0.1, 0.15) is 35.9 Å². The molecule has 0 aliphatic carbocycles. The van der Waals surface area contributed by atoms with Crippen LogP contribution >= 0.6 is 0 Å². The van der Waals surface area contributed by atoms with Crippen molar-refractivity contribution in [2.24, 2.45) is 0 Å². The first kappa shape index (κ1) is 19.3. The number of halogens is 1. The minimum Gasteiger partial charge on any atom is -0.484 e. The Morgan fingerprint density at radius 3 is 2.64 bits per heavy atom. The molecule has 0 saturated carbocycles. The van der Waals surface area contributed by atoms with E-state index >= 15 is 0 Å². The second-order valence-corrected chi connectivity index (χ2v) is 6.07. The minimum absolute atomic E-state index is 0.136. The first-order chi connectivity index (χ1) is 13.5. The molecule has 1 aromatic carbocycles. The van der Waals surface area contributed by atoms with Crippen LogP contribution in [0.15, 0.2) is 43.0 Å². The summed E-state index contributed by atoms with van der Waals surface area (Å²) in [6.07, 6.45) is 3.19. The van der Waals surface area contributed by atoms with Gasteiger partial charge in [-0.1, -0.05) is 0 Å². The lowest BCUT2D eigenvalue weighted by molar-refractivity contribution is -0.123. The van der Waals surface area contributed by atoms with E-state index in [4.69, 9.17) is 4.74 Å². The molecule has 0 aliphatic heterocycles. The zero-order chi connectivity index (χ0) is 19.9. The molecule has 2 N–H and O–H groups in total. The third-order valence-electron chi connectivity index (χ3n) is 4.09. The molecule has 1 amide bonds. The van der Waals surface area contributed by atoms with Gasteiger partial charge in [-0.2, -0.15) is 0 Å². The molecule has 3 aromatic rings. The third-order valence-corrected chi connectivity index (χ3v) is 4.09. The lowest BCUT2D eigenvalue weighted by atomic mass is 10.3. The van der Waals surface area contributed by atoms with E-state index in [1.165, 1.54) is 30.6 Å². The first-order valence-corrected chi connectivity index (χ1v) is 8.75. The van der Waals surface area contributed by atoms with E-state index in [0.29, 0.717) is 30.5 Å². The largest absolute Gasteiger partial charge is 0.484 e. The fourth-order valence-electron chi connectivity index (χ4n) is 2.43. The third kappa shape index (κ3) is 5.03.